The third-order valence-electron chi connectivity index (χ3n) is 2.99. The van der Waals surface area contributed by atoms with Gasteiger partial charge in [-0.25, -0.2) is 4.98 Å². The second kappa shape index (κ2) is 6.69. The van der Waals surface area contributed by atoms with Gasteiger partial charge in [0.15, 0.2) is 0 Å². The van der Waals surface area contributed by atoms with Crippen LogP contribution in [0.3, 0.4) is 0 Å². The molecule has 0 fully saturated rings. The van der Waals surface area contributed by atoms with Crippen LogP contribution in [-0.2, 0) is 17.8 Å². The van der Waals surface area contributed by atoms with Crippen LogP contribution in [0.1, 0.15) is 23.4 Å². The number of aromatic amines is 1. The normalized spacial score (nSPS) is 10.3. The first-order chi connectivity index (χ1) is 10.1. The summed E-state index contributed by atoms with van der Waals surface area (Å²) in [7, 11) is 0. The predicted octanol–water partition coefficient (Wildman–Crippen LogP) is 1.67. The summed E-state index contributed by atoms with van der Waals surface area (Å²) < 4.78 is 5.59. The molecular weight excluding hydrogens is 272 g/mol. The second-order valence-corrected chi connectivity index (χ2v) is 4.63. The number of rotatable bonds is 6. The number of hydrogen-bond acceptors (Lipinski definition) is 4. The number of nitrogens with zero attached hydrogens (tertiary/aromatic N) is 1. The van der Waals surface area contributed by atoms with Crippen LogP contribution < -0.4 is 10.3 Å². The number of aryl methyl sites for hydroxylation is 2. The molecule has 1 aromatic carbocycles. The third-order valence-corrected chi connectivity index (χ3v) is 2.99. The topological polar surface area (TPSA) is 92.3 Å². The van der Waals surface area contributed by atoms with Crippen molar-refractivity contribution in [2.45, 2.75) is 26.4 Å². The summed E-state index contributed by atoms with van der Waals surface area (Å²) in [5.74, 6) is 0.193. The van der Waals surface area contributed by atoms with Crippen LogP contribution in [0.15, 0.2) is 35.3 Å². The maximum absolute atomic E-state index is 11.8. The van der Waals surface area contributed by atoms with Gasteiger partial charge in [-0.2, -0.15) is 0 Å². The molecule has 0 amide bonds. The lowest BCUT2D eigenvalue weighted by atomic mass is 10.2. The fraction of sp³-hybridized carbons (Fsp3) is 0.267. The van der Waals surface area contributed by atoms with Crippen molar-refractivity contribution in [3.05, 3.63) is 57.8 Å². The van der Waals surface area contributed by atoms with Crippen molar-refractivity contribution in [1.29, 1.82) is 0 Å². The Bertz CT molecular complexity index is 694. The fourth-order valence-corrected chi connectivity index (χ4v) is 1.82. The SMILES string of the molecule is Cc1ccccc1OCc1ncc(CCC(=O)O)c(=O)[nH]1. The van der Waals surface area contributed by atoms with Crippen LogP contribution in [-0.4, -0.2) is 21.0 Å². The second-order valence-electron chi connectivity index (χ2n) is 4.63. The van der Waals surface area contributed by atoms with Crippen molar-refractivity contribution in [1.82, 2.24) is 9.97 Å². The molecule has 1 heterocycles. The summed E-state index contributed by atoms with van der Waals surface area (Å²) in [6, 6.07) is 7.56. The number of H-pyrrole nitrogens is 1. The molecule has 0 unspecified atom stereocenters. The van der Waals surface area contributed by atoms with Gasteiger partial charge in [-0.05, 0) is 25.0 Å². The van der Waals surface area contributed by atoms with E-state index in [1.807, 2.05) is 31.2 Å². The smallest absolute Gasteiger partial charge is 0.303 e. The first-order valence-corrected chi connectivity index (χ1v) is 6.53. The molecule has 2 rings (SSSR count). The molecule has 0 atom stereocenters. The minimum atomic E-state index is -0.943. The molecule has 21 heavy (non-hydrogen) atoms. The Labute approximate surface area is 121 Å². The van der Waals surface area contributed by atoms with Crippen molar-refractivity contribution in [2.24, 2.45) is 0 Å². The molecule has 0 aliphatic heterocycles. The molecule has 0 aliphatic rings. The van der Waals surface area contributed by atoms with E-state index in [9.17, 15) is 9.59 Å². The highest BCUT2D eigenvalue weighted by Crippen LogP contribution is 2.16. The number of aliphatic carboxylic acids is 1. The van der Waals surface area contributed by atoms with Gasteiger partial charge < -0.3 is 14.8 Å². The van der Waals surface area contributed by atoms with E-state index >= 15 is 0 Å². The molecule has 110 valence electrons. The average Bonchev–Trinajstić information content (AvgIpc) is 2.45. The zero-order valence-corrected chi connectivity index (χ0v) is 11.6. The van der Waals surface area contributed by atoms with E-state index in [0.29, 0.717) is 11.4 Å². The van der Waals surface area contributed by atoms with Gasteiger partial charge in [0.05, 0.1) is 0 Å². The highest BCUT2D eigenvalue weighted by Gasteiger charge is 2.06. The Balaban J connectivity index is 2.02. The third kappa shape index (κ3) is 4.17. The van der Waals surface area contributed by atoms with Gasteiger partial charge >= 0.3 is 5.97 Å². The lowest BCUT2D eigenvalue weighted by Crippen LogP contribution is -2.18. The van der Waals surface area contributed by atoms with E-state index in [1.165, 1.54) is 6.20 Å². The predicted molar refractivity (Wildman–Crippen MR) is 76.3 cm³/mol. The Morgan fingerprint density at radius 3 is 2.81 bits per heavy atom. The van der Waals surface area contributed by atoms with Crippen molar-refractivity contribution in [3.63, 3.8) is 0 Å². The van der Waals surface area contributed by atoms with Gasteiger partial charge in [0.25, 0.3) is 5.56 Å². The maximum Gasteiger partial charge on any atom is 0.303 e. The zero-order valence-electron chi connectivity index (χ0n) is 11.6. The molecular formula is C15H16N2O4. The van der Waals surface area contributed by atoms with E-state index in [2.05, 4.69) is 9.97 Å². The summed E-state index contributed by atoms with van der Waals surface area (Å²) in [5.41, 5.74) is 1.03. The molecule has 2 aromatic rings. The quantitative estimate of drug-likeness (QED) is 0.843. The minimum absolute atomic E-state index is 0.0934. The first kappa shape index (κ1) is 14.8. The number of hydrogen-bond donors (Lipinski definition) is 2. The number of nitrogens with one attached hydrogen (secondary N) is 1. The fourth-order valence-electron chi connectivity index (χ4n) is 1.82. The Kier molecular flexibility index (Phi) is 4.71. The summed E-state index contributed by atoms with van der Waals surface area (Å²) in [6.07, 6.45) is 1.47. The molecule has 0 spiro atoms. The average molecular weight is 288 g/mol. The molecule has 2 N–H and O–H groups in total. The van der Waals surface area contributed by atoms with Crippen molar-refractivity contribution >= 4 is 5.97 Å². The monoisotopic (exact) mass is 288 g/mol. The molecule has 6 heteroatoms. The molecule has 0 saturated heterocycles. The van der Waals surface area contributed by atoms with Crippen LogP contribution in [0.2, 0.25) is 0 Å². The summed E-state index contributed by atoms with van der Waals surface area (Å²) in [5, 5.41) is 8.60. The number of aromatic nitrogens is 2. The van der Waals surface area contributed by atoms with Crippen LogP contribution in [0, 0.1) is 6.92 Å². The van der Waals surface area contributed by atoms with Crippen molar-refractivity contribution in [3.8, 4) is 5.75 Å². The van der Waals surface area contributed by atoms with Gasteiger partial charge in [-0.1, -0.05) is 18.2 Å². The lowest BCUT2D eigenvalue weighted by Gasteiger charge is -2.08. The van der Waals surface area contributed by atoms with Crippen molar-refractivity contribution < 1.29 is 14.6 Å². The standard InChI is InChI=1S/C15H16N2O4/c1-10-4-2-3-5-12(10)21-9-13-16-8-11(15(20)17-13)6-7-14(18)19/h2-5,8H,6-7,9H2,1H3,(H,18,19)(H,16,17,20). The van der Waals surface area contributed by atoms with Crippen LogP contribution in [0.4, 0.5) is 0 Å². The Morgan fingerprint density at radius 1 is 1.38 bits per heavy atom. The number of ether oxygens (including phenoxy) is 1. The lowest BCUT2D eigenvalue weighted by molar-refractivity contribution is -0.136. The molecule has 0 aliphatic carbocycles. The van der Waals surface area contributed by atoms with E-state index < -0.39 is 5.97 Å². The summed E-state index contributed by atoms with van der Waals surface area (Å²) in [6.45, 7) is 2.08. The van der Waals surface area contributed by atoms with Gasteiger partial charge in [0, 0.05) is 18.2 Å². The zero-order chi connectivity index (χ0) is 15.2. The molecule has 0 saturated carbocycles. The van der Waals surface area contributed by atoms with Gasteiger partial charge in [0.2, 0.25) is 0 Å². The van der Waals surface area contributed by atoms with Crippen LogP contribution in [0.25, 0.3) is 0 Å². The highest BCUT2D eigenvalue weighted by atomic mass is 16.5. The number of carbonyl (C=O) groups is 1. The van der Waals surface area contributed by atoms with E-state index in [1.54, 1.807) is 0 Å². The summed E-state index contributed by atoms with van der Waals surface area (Å²) in [4.78, 5) is 29.0. The Morgan fingerprint density at radius 2 is 2.14 bits per heavy atom. The van der Waals surface area contributed by atoms with Gasteiger partial charge in [-0.3, -0.25) is 9.59 Å². The number of carboxylic acid groups (broad SMARTS) is 1. The molecule has 6 nitrogen and oxygen atoms in total. The highest BCUT2D eigenvalue weighted by molar-refractivity contribution is 5.67. The number of benzene rings is 1. The summed E-state index contributed by atoms with van der Waals surface area (Å²) >= 11 is 0. The minimum Gasteiger partial charge on any atom is -0.485 e. The molecule has 1 aromatic heterocycles. The van der Waals surface area contributed by atoms with Crippen molar-refractivity contribution in [2.75, 3.05) is 0 Å². The Hall–Kier alpha value is -2.63. The number of para-hydroxylation sites is 1. The van der Waals surface area contributed by atoms with Gasteiger partial charge in [-0.15, -0.1) is 0 Å². The van der Waals surface area contributed by atoms with Crippen LogP contribution >= 0.6 is 0 Å². The largest absolute Gasteiger partial charge is 0.485 e. The van der Waals surface area contributed by atoms with Crippen LogP contribution in [0.5, 0.6) is 5.75 Å². The molecule has 0 radical (unpaired) electrons. The first-order valence-electron chi connectivity index (χ1n) is 6.53. The van der Waals surface area contributed by atoms with E-state index in [4.69, 9.17) is 9.84 Å². The van der Waals surface area contributed by atoms with E-state index in [-0.39, 0.29) is 25.0 Å². The maximum atomic E-state index is 11.8. The van der Waals surface area contributed by atoms with Gasteiger partial charge in [0.1, 0.15) is 18.2 Å². The molecule has 0 bridgehead atoms. The van der Waals surface area contributed by atoms with E-state index in [0.717, 1.165) is 11.3 Å². The number of carboxylic acids is 1.